The van der Waals surface area contributed by atoms with Crippen molar-refractivity contribution in [2.24, 2.45) is 0 Å². The fraction of sp³-hybridized carbons (Fsp3) is 0.882. The van der Waals surface area contributed by atoms with Gasteiger partial charge in [-0.1, -0.05) is 64.4 Å². The molecule has 0 aromatic rings. The van der Waals surface area contributed by atoms with Crippen molar-refractivity contribution in [3.05, 3.63) is 12.2 Å². The zero-order valence-electron chi connectivity index (χ0n) is 13.8. The maximum atomic E-state index is 2.37. The smallest absolute Gasteiger partial charge is 0.0967 e. The number of halogens is 1. The average Bonchev–Trinajstić information content (AvgIpc) is 2.29. The maximum absolute atomic E-state index is 2.37. The highest BCUT2D eigenvalue weighted by molar-refractivity contribution is 4.81. The molecular formula is C17H36BrN. The molecule has 0 fully saturated rings. The van der Waals surface area contributed by atoms with Crippen LogP contribution in [0, 0.1) is 0 Å². The van der Waals surface area contributed by atoms with Crippen molar-refractivity contribution in [3.8, 4) is 0 Å². The third kappa shape index (κ3) is 20.7. The van der Waals surface area contributed by atoms with Crippen molar-refractivity contribution in [3.63, 3.8) is 0 Å². The first-order valence-corrected chi connectivity index (χ1v) is 8.01. The van der Waals surface area contributed by atoms with Crippen LogP contribution in [-0.4, -0.2) is 32.2 Å². The molecule has 0 aliphatic carbocycles. The van der Waals surface area contributed by atoms with Crippen LogP contribution in [0.1, 0.15) is 71.1 Å². The number of rotatable bonds is 12. The first kappa shape index (κ1) is 21.5. The topological polar surface area (TPSA) is 0 Å². The minimum Gasteiger partial charge on any atom is -1.00 e. The van der Waals surface area contributed by atoms with Crippen molar-refractivity contribution >= 4 is 0 Å². The molecule has 0 N–H and O–H groups in total. The highest BCUT2D eigenvalue weighted by Crippen LogP contribution is 2.10. The van der Waals surface area contributed by atoms with E-state index in [4.69, 9.17) is 0 Å². The number of allylic oxidation sites excluding steroid dienone is 1. The Balaban J connectivity index is 0. The summed E-state index contributed by atoms with van der Waals surface area (Å²) in [5.74, 6) is 0. The van der Waals surface area contributed by atoms with E-state index in [1.54, 1.807) is 0 Å². The third-order valence-corrected chi connectivity index (χ3v) is 3.29. The number of unbranched alkanes of at least 4 members (excludes halogenated alkanes) is 9. The van der Waals surface area contributed by atoms with Gasteiger partial charge in [-0.15, -0.1) is 0 Å². The monoisotopic (exact) mass is 333 g/mol. The molecule has 2 heteroatoms. The normalized spacial score (nSPS) is 11.8. The van der Waals surface area contributed by atoms with E-state index < -0.39 is 0 Å². The van der Waals surface area contributed by atoms with Crippen molar-refractivity contribution in [1.82, 2.24) is 0 Å². The third-order valence-electron chi connectivity index (χ3n) is 3.29. The van der Waals surface area contributed by atoms with E-state index in [0.29, 0.717) is 0 Å². The zero-order chi connectivity index (χ0) is 13.7. The lowest BCUT2D eigenvalue weighted by Gasteiger charge is -2.21. The fourth-order valence-corrected chi connectivity index (χ4v) is 2.08. The van der Waals surface area contributed by atoms with Gasteiger partial charge in [-0.25, -0.2) is 0 Å². The second-order valence-corrected chi connectivity index (χ2v) is 6.56. The van der Waals surface area contributed by atoms with Gasteiger partial charge in [-0.2, -0.15) is 0 Å². The van der Waals surface area contributed by atoms with Gasteiger partial charge in [-0.05, 0) is 18.9 Å². The van der Waals surface area contributed by atoms with E-state index >= 15 is 0 Å². The minimum atomic E-state index is 0. The van der Waals surface area contributed by atoms with Crippen LogP contribution in [0.25, 0.3) is 0 Å². The number of hydrogen-bond donors (Lipinski definition) is 0. The largest absolute Gasteiger partial charge is 1.00 e. The summed E-state index contributed by atoms with van der Waals surface area (Å²) in [5.41, 5.74) is 0. The molecular weight excluding hydrogens is 298 g/mol. The van der Waals surface area contributed by atoms with E-state index in [1.807, 2.05) is 0 Å². The number of nitrogens with zero attached hydrogens (tertiary/aromatic N) is 1. The Morgan fingerprint density at radius 1 is 0.684 bits per heavy atom. The Hall–Kier alpha value is 0.180. The molecule has 0 unspecified atom stereocenters. The molecule has 0 aliphatic rings. The molecule has 1 nitrogen and oxygen atoms in total. The average molecular weight is 334 g/mol. The molecule has 0 aromatic heterocycles. The standard InChI is InChI=1S/C17H36N.BrH/c1-5-6-7-8-9-10-11-12-13-14-15-16-17-18(2,3)4;/h15-16H,5-14,17H2,1-4H3;1H/q+1;/p-1. The Morgan fingerprint density at radius 3 is 1.63 bits per heavy atom. The van der Waals surface area contributed by atoms with Crippen molar-refractivity contribution in [2.75, 3.05) is 27.7 Å². The predicted octanol–water partition coefficient (Wildman–Crippen LogP) is 2.17. The van der Waals surface area contributed by atoms with Gasteiger partial charge in [0.15, 0.2) is 0 Å². The van der Waals surface area contributed by atoms with Crippen LogP contribution >= 0.6 is 0 Å². The van der Waals surface area contributed by atoms with Crippen LogP contribution in [0.4, 0.5) is 0 Å². The van der Waals surface area contributed by atoms with E-state index in [1.165, 1.54) is 64.2 Å². The van der Waals surface area contributed by atoms with Gasteiger partial charge in [-0.3, -0.25) is 0 Å². The molecule has 0 heterocycles. The van der Waals surface area contributed by atoms with Crippen LogP contribution in [0.2, 0.25) is 0 Å². The molecule has 19 heavy (non-hydrogen) atoms. The van der Waals surface area contributed by atoms with Gasteiger partial charge in [0.2, 0.25) is 0 Å². The quantitative estimate of drug-likeness (QED) is 0.292. The Bertz CT molecular complexity index is 194. The van der Waals surface area contributed by atoms with Crippen LogP contribution in [0.15, 0.2) is 12.2 Å². The summed E-state index contributed by atoms with van der Waals surface area (Å²) in [5, 5.41) is 0. The van der Waals surface area contributed by atoms with Crippen LogP contribution in [0.5, 0.6) is 0 Å². The van der Waals surface area contributed by atoms with Crippen molar-refractivity contribution in [2.45, 2.75) is 71.1 Å². The summed E-state index contributed by atoms with van der Waals surface area (Å²) in [6, 6.07) is 0. The van der Waals surface area contributed by atoms with Crippen LogP contribution < -0.4 is 17.0 Å². The fourth-order valence-electron chi connectivity index (χ4n) is 2.08. The predicted molar refractivity (Wildman–Crippen MR) is 83.9 cm³/mol. The highest BCUT2D eigenvalue weighted by atomic mass is 79.9. The van der Waals surface area contributed by atoms with Gasteiger partial charge in [0, 0.05) is 0 Å². The summed E-state index contributed by atoms with van der Waals surface area (Å²) in [7, 11) is 6.72. The van der Waals surface area contributed by atoms with Crippen molar-refractivity contribution in [1.29, 1.82) is 0 Å². The minimum absolute atomic E-state index is 0. The van der Waals surface area contributed by atoms with E-state index in [9.17, 15) is 0 Å². The first-order valence-electron chi connectivity index (χ1n) is 8.01. The molecule has 0 aromatic carbocycles. The lowest BCUT2D eigenvalue weighted by atomic mass is 10.1. The lowest BCUT2D eigenvalue weighted by molar-refractivity contribution is -0.864. The molecule has 0 aliphatic heterocycles. The van der Waals surface area contributed by atoms with Gasteiger partial charge >= 0.3 is 0 Å². The molecule has 0 amide bonds. The molecule has 116 valence electrons. The number of likely N-dealkylation sites (N-methyl/N-ethyl adjacent to an activating group) is 1. The Morgan fingerprint density at radius 2 is 1.16 bits per heavy atom. The molecule has 0 saturated carbocycles. The van der Waals surface area contributed by atoms with E-state index in [-0.39, 0.29) is 17.0 Å². The highest BCUT2D eigenvalue weighted by Gasteiger charge is 2.01. The summed E-state index contributed by atoms with van der Waals surface area (Å²) in [6.07, 6.45) is 18.8. The van der Waals surface area contributed by atoms with Gasteiger partial charge in [0.25, 0.3) is 0 Å². The van der Waals surface area contributed by atoms with E-state index in [0.717, 1.165) is 11.0 Å². The van der Waals surface area contributed by atoms with Crippen molar-refractivity contribution < 1.29 is 21.5 Å². The van der Waals surface area contributed by atoms with Gasteiger partial charge in [0.1, 0.15) is 0 Å². The van der Waals surface area contributed by atoms with Crippen LogP contribution in [-0.2, 0) is 0 Å². The Kier molecular flexibility index (Phi) is 16.5. The van der Waals surface area contributed by atoms with E-state index in [2.05, 4.69) is 40.2 Å². The molecule has 0 atom stereocenters. The Labute approximate surface area is 132 Å². The molecule has 0 spiro atoms. The van der Waals surface area contributed by atoms with Gasteiger partial charge < -0.3 is 21.5 Å². The molecule has 0 rings (SSSR count). The lowest BCUT2D eigenvalue weighted by Crippen LogP contribution is -3.00. The number of hydrogen-bond acceptors (Lipinski definition) is 0. The second-order valence-electron chi connectivity index (χ2n) is 6.56. The summed E-state index contributed by atoms with van der Waals surface area (Å²) in [6.45, 7) is 3.43. The maximum Gasteiger partial charge on any atom is 0.0967 e. The van der Waals surface area contributed by atoms with Crippen LogP contribution in [0.3, 0.4) is 0 Å². The summed E-state index contributed by atoms with van der Waals surface area (Å²) in [4.78, 5) is 0. The molecule has 0 radical (unpaired) electrons. The summed E-state index contributed by atoms with van der Waals surface area (Å²) < 4.78 is 1.04. The zero-order valence-corrected chi connectivity index (χ0v) is 15.3. The second kappa shape index (κ2) is 14.6. The number of quaternary nitrogens is 1. The summed E-state index contributed by atoms with van der Waals surface area (Å²) >= 11 is 0. The first-order chi connectivity index (χ1) is 8.56. The SMILES string of the molecule is CCCCCCCCCCCC=CC[N+](C)(C)C.[Br-]. The molecule has 0 bridgehead atoms. The molecule has 0 saturated heterocycles. The van der Waals surface area contributed by atoms with Gasteiger partial charge in [0.05, 0.1) is 27.7 Å².